The number of carbonyl (C=O) groups is 1. The number of alkyl halides is 3. The van der Waals surface area contributed by atoms with Crippen LogP contribution >= 0.6 is 0 Å². The van der Waals surface area contributed by atoms with Crippen molar-refractivity contribution in [3.8, 4) is 11.4 Å². The van der Waals surface area contributed by atoms with Gasteiger partial charge >= 0.3 is 12.2 Å². The van der Waals surface area contributed by atoms with Crippen LogP contribution in [0.1, 0.15) is 6.42 Å². The van der Waals surface area contributed by atoms with Gasteiger partial charge in [-0.15, -0.1) is 0 Å². The lowest BCUT2D eigenvalue weighted by Gasteiger charge is -2.36. The van der Waals surface area contributed by atoms with E-state index in [1.807, 2.05) is 4.90 Å². The van der Waals surface area contributed by atoms with Gasteiger partial charge in [0.05, 0.1) is 43.0 Å². The largest absolute Gasteiger partial charge is 0.408 e. The first-order chi connectivity index (χ1) is 16.2. The van der Waals surface area contributed by atoms with E-state index in [2.05, 4.69) is 20.7 Å². The number of ether oxygens (including phenoxy) is 1. The summed E-state index contributed by atoms with van der Waals surface area (Å²) in [5.41, 5.74) is 1.12. The molecule has 2 saturated heterocycles. The number of aliphatic hydroxyl groups is 1. The number of aromatic nitrogens is 4. The molecule has 0 spiro atoms. The highest BCUT2D eigenvalue weighted by molar-refractivity contribution is 5.90. The molecule has 0 radical (unpaired) electrons. The third-order valence-electron chi connectivity index (χ3n) is 5.99. The maximum Gasteiger partial charge on any atom is 0.408 e. The zero-order valence-corrected chi connectivity index (χ0v) is 18.1. The number of carbonyl (C=O) groups excluding carboxylic acids is 1. The number of anilines is 2. The maximum atomic E-state index is 13.2. The second kappa shape index (κ2) is 8.40. The van der Waals surface area contributed by atoms with Crippen molar-refractivity contribution < 1.29 is 27.8 Å². The number of aliphatic hydroxyl groups excluding tert-OH is 1. The molecule has 2 fully saturated rings. The molecule has 13 heteroatoms. The second-order valence-corrected chi connectivity index (χ2v) is 8.28. The van der Waals surface area contributed by atoms with Gasteiger partial charge in [-0.3, -0.25) is 0 Å². The lowest BCUT2D eigenvalue weighted by atomic mass is 10.1. The molecule has 4 heterocycles. The molecule has 10 nitrogen and oxygen atoms in total. The quantitative estimate of drug-likeness (QED) is 0.527. The lowest BCUT2D eigenvalue weighted by molar-refractivity contribution is -0.141. The Morgan fingerprint density at radius 1 is 1.24 bits per heavy atom. The fraction of sp³-hybridized carbons (Fsp3) is 0.429. The molecule has 2 amide bonds. The van der Waals surface area contributed by atoms with E-state index in [-0.39, 0.29) is 36.2 Å². The first-order valence-electron chi connectivity index (χ1n) is 10.7. The highest BCUT2D eigenvalue weighted by Gasteiger charge is 2.45. The van der Waals surface area contributed by atoms with Crippen molar-refractivity contribution in [3.63, 3.8) is 0 Å². The van der Waals surface area contributed by atoms with E-state index in [1.165, 1.54) is 13.2 Å². The number of fused-ring (bicyclic) bond motifs is 3. The summed E-state index contributed by atoms with van der Waals surface area (Å²) in [5, 5.41) is 19.9. The average Bonchev–Trinajstić information content (AvgIpc) is 3.27. The first-order valence-corrected chi connectivity index (χ1v) is 10.7. The van der Waals surface area contributed by atoms with E-state index in [9.17, 15) is 23.1 Å². The Morgan fingerprint density at radius 3 is 2.68 bits per heavy atom. The van der Waals surface area contributed by atoms with Crippen molar-refractivity contribution >= 4 is 28.6 Å². The van der Waals surface area contributed by atoms with Crippen LogP contribution in [0, 0.1) is 0 Å². The van der Waals surface area contributed by atoms with E-state index in [0.29, 0.717) is 35.5 Å². The summed E-state index contributed by atoms with van der Waals surface area (Å²) < 4.78 is 45.9. The standard InChI is InChI=1S/C21H22F3N7O3/c1-25-20(33)27-12-4-2-11(3-5-12)17-28-18-14(7-26-30(18)10-21(22,23)24)19(29-17)31-13-6-16(32)15(31)9-34-8-13/h2-5,7,13,15-16,32H,6,8-10H2,1H3,(H2,25,27,33). The number of nitrogens with zero attached hydrogens (tertiary/aromatic N) is 5. The normalized spacial score (nSPS) is 22.3. The van der Waals surface area contributed by atoms with Crippen molar-refractivity contribution in [1.29, 1.82) is 0 Å². The predicted molar refractivity (Wildman–Crippen MR) is 116 cm³/mol. The highest BCUT2D eigenvalue weighted by atomic mass is 19.4. The van der Waals surface area contributed by atoms with Gasteiger partial charge in [0.1, 0.15) is 12.4 Å². The molecule has 2 aromatic heterocycles. The van der Waals surface area contributed by atoms with Crippen LogP contribution in [0.5, 0.6) is 0 Å². The van der Waals surface area contributed by atoms with E-state index in [0.717, 1.165) is 4.68 Å². The van der Waals surface area contributed by atoms with Gasteiger partial charge in [0, 0.05) is 18.3 Å². The molecule has 3 aromatic rings. The van der Waals surface area contributed by atoms with Crippen molar-refractivity contribution in [2.24, 2.45) is 0 Å². The molecule has 3 atom stereocenters. The number of halogens is 3. The molecular weight excluding hydrogens is 455 g/mol. The first kappa shape index (κ1) is 22.3. The Morgan fingerprint density at radius 2 is 2.00 bits per heavy atom. The van der Waals surface area contributed by atoms with Gasteiger partial charge in [-0.25, -0.2) is 19.4 Å². The molecule has 2 bridgehead atoms. The number of amides is 2. The summed E-state index contributed by atoms with van der Waals surface area (Å²) >= 11 is 0. The van der Waals surface area contributed by atoms with Crippen LogP contribution in [-0.2, 0) is 11.3 Å². The lowest BCUT2D eigenvalue weighted by Crippen LogP contribution is -2.48. The Bertz CT molecular complexity index is 1210. The van der Waals surface area contributed by atoms with Gasteiger partial charge in [-0.1, -0.05) is 0 Å². The average molecular weight is 477 g/mol. The zero-order valence-electron chi connectivity index (χ0n) is 18.1. The second-order valence-electron chi connectivity index (χ2n) is 8.28. The van der Waals surface area contributed by atoms with Gasteiger partial charge in [0.25, 0.3) is 0 Å². The molecular formula is C21H22F3N7O3. The zero-order chi connectivity index (χ0) is 24.0. The fourth-order valence-electron chi connectivity index (χ4n) is 4.45. The summed E-state index contributed by atoms with van der Waals surface area (Å²) in [7, 11) is 1.49. The minimum atomic E-state index is -4.48. The fourth-order valence-corrected chi connectivity index (χ4v) is 4.45. The molecule has 34 heavy (non-hydrogen) atoms. The van der Waals surface area contributed by atoms with Gasteiger partial charge in [0.15, 0.2) is 11.5 Å². The van der Waals surface area contributed by atoms with Crippen LogP contribution in [0.15, 0.2) is 30.5 Å². The summed E-state index contributed by atoms with van der Waals surface area (Å²) in [6.45, 7) is -0.625. The smallest absolute Gasteiger partial charge is 0.391 e. The van der Waals surface area contributed by atoms with Crippen LogP contribution < -0.4 is 15.5 Å². The van der Waals surface area contributed by atoms with Gasteiger partial charge in [-0.2, -0.15) is 18.3 Å². The van der Waals surface area contributed by atoms with E-state index >= 15 is 0 Å². The summed E-state index contributed by atoms with van der Waals surface area (Å²) in [5.74, 6) is 0.620. The van der Waals surface area contributed by atoms with Crippen LogP contribution in [0.25, 0.3) is 22.4 Å². The van der Waals surface area contributed by atoms with Gasteiger partial charge < -0.3 is 25.4 Å². The van der Waals surface area contributed by atoms with Crippen molar-refractivity contribution in [2.75, 3.05) is 30.5 Å². The van der Waals surface area contributed by atoms with E-state index in [4.69, 9.17) is 9.72 Å². The molecule has 3 unspecified atom stereocenters. The minimum Gasteiger partial charge on any atom is -0.391 e. The molecule has 2 aliphatic heterocycles. The Kier molecular flexibility index (Phi) is 5.52. The van der Waals surface area contributed by atoms with Crippen molar-refractivity contribution in [3.05, 3.63) is 30.5 Å². The molecule has 0 aliphatic carbocycles. The Balaban J connectivity index is 1.61. The topological polar surface area (TPSA) is 117 Å². The molecule has 5 rings (SSSR count). The third kappa shape index (κ3) is 4.12. The number of nitrogens with one attached hydrogen (secondary N) is 2. The molecule has 3 N–H and O–H groups in total. The SMILES string of the molecule is CNC(=O)Nc1ccc(-c2nc(N3C4COCC3C(O)C4)c3cnn(CC(F)(F)F)c3n2)cc1. The monoisotopic (exact) mass is 477 g/mol. The van der Waals surface area contributed by atoms with Crippen LogP contribution in [0.3, 0.4) is 0 Å². The van der Waals surface area contributed by atoms with Crippen LogP contribution in [0.2, 0.25) is 0 Å². The molecule has 2 aliphatic rings. The molecule has 180 valence electrons. The van der Waals surface area contributed by atoms with E-state index < -0.39 is 18.8 Å². The number of morpholine rings is 1. The summed E-state index contributed by atoms with van der Waals surface area (Å²) in [6, 6.07) is 5.72. The highest BCUT2D eigenvalue weighted by Crippen LogP contribution is 2.38. The summed E-state index contributed by atoms with van der Waals surface area (Å²) in [4.78, 5) is 22.6. The number of rotatable bonds is 4. The number of hydrogen-bond donors (Lipinski definition) is 3. The Labute approximate surface area is 191 Å². The van der Waals surface area contributed by atoms with Crippen LogP contribution in [-0.4, -0.2) is 75.5 Å². The maximum absolute atomic E-state index is 13.2. The number of benzene rings is 1. The number of urea groups is 1. The predicted octanol–water partition coefficient (Wildman–Crippen LogP) is 2.15. The summed E-state index contributed by atoms with van der Waals surface area (Å²) in [6.07, 6.45) is -3.31. The third-order valence-corrected chi connectivity index (χ3v) is 5.99. The molecule has 1 aromatic carbocycles. The Hall–Kier alpha value is -3.45. The van der Waals surface area contributed by atoms with Crippen molar-refractivity contribution in [2.45, 2.75) is 37.3 Å². The van der Waals surface area contributed by atoms with Gasteiger partial charge in [-0.05, 0) is 30.7 Å². The number of hydrogen-bond acceptors (Lipinski definition) is 7. The molecule has 0 saturated carbocycles. The minimum absolute atomic E-state index is 0.0465. The van der Waals surface area contributed by atoms with Crippen molar-refractivity contribution in [1.82, 2.24) is 25.1 Å². The van der Waals surface area contributed by atoms with Gasteiger partial charge in [0.2, 0.25) is 0 Å². The van der Waals surface area contributed by atoms with Crippen LogP contribution in [0.4, 0.5) is 29.5 Å². The van der Waals surface area contributed by atoms with E-state index in [1.54, 1.807) is 24.3 Å².